The molecule has 1 aliphatic heterocycles. The summed E-state index contributed by atoms with van der Waals surface area (Å²) in [6.07, 6.45) is 7.07. The summed E-state index contributed by atoms with van der Waals surface area (Å²) < 4.78 is 7.33. The van der Waals surface area contributed by atoms with Crippen molar-refractivity contribution in [3.05, 3.63) is 60.8 Å². The monoisotopic (exact) mass is 404 g/mol. The van der Waals surface area contributed by atoms with Gasteiger partial charge in [0, 0.05) is 26.0 Å². The van der Waals surface area contributed by atoms with E-state index in [9.17, 15) is 0 Å². The van der Waals surface area contributed by atoms with Crippen molar-refractivity contribution in [2.45, 2.75) is 13.2 Å². The summed E-state index contributed by atoms with van der Waals surface area (Å²) in [4.78, 5) is 15.4. The fourth-order valence-electron chi connectivity index (χ4n) is 3.08. The van der Waals surface area contributed by atoms with E-state index in [0.29, 0.717) is 17.4 Å². The van der Waals surface area contributed by atoms with E-state index in [4.69, 9.17) is 9.73 Å². The number of methoxy groups -OCH3 is 1. The largest absolute Gasteiger partial charge is 0.494 e. The summed E-state index contributed by atoms with van der Waals surface area (Å²) in [6, 6.07) is 9.76. The molecule has 4 rings (SSSR count). The van der Waals surface area contributed by atoms with Crippen LogP contribution in [0.3, 0.4) is 0 Å². The van der Waals surface area contributed by atoms with Crippen molar-refractivity contribution in [2.75, 3.05) is 24.8 Å². The Kier molecular flexibility index (Phi) is 5.34. The zero-order valence-electron chi connectivity index (χ0n) is 17.4. The maximum atomic E-state index is 5.67. The number of nitrogens with zero attached hydrogens (tertiary/aromatic N) is 6. The first kappa shape index (κ1) is 19.4. The van der Waals surface area contributed by atoms with E-state index >= 15 is 0 Å². The minimum absolute atomic E-state index is 0.270. The first-order valence-corrected chi connectivity index (χ1v) is 9.50. The molecule has 0 saturated heterocycles. The molecule has 2 N–H and O–H groups in total. The van der Waals surface area contributed by atoms with Crippen LogP contribution in [0.2, 0.25) is 0 Å². The Labute approximate surface area is 175 Å². The molecule has 2 aromatic heterocycles. The van der Waals surface area contributed by atoms with E-state index in [2.05, 4.69) is 25.7 Å². The summed E-state index contributed by atoms with van der Waals surface area (Å²) in [5.74, 6) is 1.96. The van der Waals surface area contributed by atoms with E-state index in [-0.39, 0.29) is 6.29 Å². The number of ether oxygens (including phenoxy) is 1. The molecule has 1 aromatic carbocycles. The van der Waals surface area contributed by atoms with Crippen molar-refractivity contribution < 1.29 is 4.74 Å². The van der Waals surface area contributed by atoms with Gasteiger partial charge in [0.2, 0.25) is 0 Å². The van der Waals surface area contributed by atoms with E-state index < -0.39 is 0 Å². The van der Waals surface area contributed by atoms with Crippen LogP contribution < -0.4 is 15.4 Å². The van der Waals surface area contributed by atoms with E-state index in [1.54, 1.807) is 24.3 Å². The summed E-state index contributed by atoms with van der Waals surface area (Å²) >= 11 is 0. The summed E-state index contributed by atoms with van der Waals surface area (Å²) in [5.41, 5.74) is 3.46. The highest BCUT2D eigenvalue weighted by Crippen LogP contribution is 2.35. The Morgan fingerprint density at radius 1 is 1.10 bits per heavy atom. The van der Waals surface area contributed by atoms with Crippen molar-refractivity contribution >= 4 is 17.2 Å². The molecule has 9 heteroatoms. The number of hydrogen-bond acceptors (Lipinski definition) is 8. The lowest BCUT2D eigenvalue weighted by Crippen LogP contribution is -2.37. The van der Waals surface area contributed by atoms with Crippen molar-refractivity contribution in [3.8, 4) is 17.1 Å². The van der Waals surface area contributed by atoms with Gasteiger partial charge in [-0.1, -0.05) is 6.07 Å². The first-order chi connectivity index (χ1) is 14.5. The molecular formula is C21H24N8O. The lowest BCUT2D eigenvalue weighted by molar-refractivity contribution is 0.368. The summed E-state index contributed by atoms with van der Waals surface area (Å²) in [5, 5.41) is 11.1. The van der Waals surface area contributed by atoms with Crippen LogP contribution in [0.15, 0.2) is 60.1 Å². The molecule has 0 amide bonds. The Balaban J connectivity index is 1.58. The number of aliphatic imine (C=N–C) groups is 1. The second kappa shape index (κ2) is 8.24. The lowest BCUT2D eigenvalue weighted by Gasteiger charge is -2.29. The van der Waals surface area contributed by atoms with Gasteiger partial charge in [-0.2, -0.15) is 5.10 Å². The molecule has 0 spiro atoms. The number of rotatable bonds is 5. The van der Waals surface area contributed by atoms with Gasteiger partial charge in [-0.3, -0.25) is 9.67 Å². The number of benzene rings is 1. The molecule has 3 aromatic rings. The molecule has 0 aliphatic carbocycles. The number of nitrogens with one attached hydrogen (secondary N) is 2. The standard InChI is InChI=1S/C21H24N8O/c1-14-8-9-15(12-22-14)24-21-26-18(10-11-28(21)2)25-17-7-5-6-16(19(17)30-4)20-23-13-29(3)27-20/h5-13,21,24H,1-4H3,(H,25,26). The molecule has 0 fully saturated rings. The van der Waals surface area contributed by atoms with E-state index in [1.807, 2.05) is 68.5 Å². The number of hydrogen-bond donors (Lipinski definition) is 2. The molecule has 1 atom stereocenters. The van der Waals surface area contributed by atoms with Crippen LogP contribution in [0.4, 0.5) is 11.4 Å². The Morgan fingerprint density at radius 3 is 2.67 bits per heavy atom. The third-order valence-electron chi connectivity index (χ3n) is 4.64. The molecule has 9 nitrogen and oxygen atoms in total. The van der Waals surface area contributed by atoms with E-state index in [1.165, 1.54) is 0 Å². The third-order valence-corrected chi connectivity index (χ3v) is 4.64. The first-order valence-electron chi connectivity index (χ1n) is 9.50. The van der Waals surface area contributed by atoms with Crippen LogP contribution >= 0.6 is 0 Å². The Morgan fingerprint density at radius 2 is 1.97 bits per heavy atom. The molecule has 154 valence electrons. The smallest absolute Gasteiger partial charge is 0.198 e. The molecule has 1 aliphatic rings. The highest BCUT2D eigenvalue weighted by molar-refractivity contribution is 6.05. The van der Waals surface area contributed by atoms with Crippen LogP contribution in [0.5, 0.6) is 5.75 Å². The molecule has 1 unspecified atom stereocenters. The Bertz CT molecular complexity index is 1090. The summed E-state index contributed by atoms with van der Waals surface area (Å²) in [7, 11) is 5.43. The predicted octanol–water partition coefficient (Wildman–Crippen LogP) is 2.86. The van der Waals surface area contributed by atoms with Crippen LogP contribution in [0.1, 0.15) is 5.69 Å². The number of anilines is 2. The van der Waals surface area contributed by atoms with Crippen LogP contribution in [-0.4, -0.2) is 50.9 Å². The van der Waals surface area contributed by atoms with E-state index in [0.717, 1.165) is 22.6 Å². The van der Waals surface area contributed by atoms with Gasteiger partial charge in [0.05, 0.1) is 30.2 Å². The highest BCUT2D eigenvalue weighted by atomic mass is 16.5. The van der Waals surface area contributed by atoms with Gasteiger partial charge < -0.3 is 20.3 Å². The zero-order valence-corrected chi connectivity index (χ0v) is 17.4. The number of para-hydroxylation sites is 1. The quantitative estimate of drug-likeness (QED) is 0.675. The van der Waals surface area contributed by atoms with Crippen molar-refractivity contribution in [1.29, 1.82) is 0 Å². The predicted molar refractivity (Wildman–Crippen MR) is 117 cm³/mol. The molecule has 0 bridgehead atoms. The van der Waals surface area contributed by atoms with Gasteiger partial charge in [-0.15, -0.1) is 0 Å². The van der Waals surface area contributed by atoms with Gasteiger partial charge in [-0.05, 0) is 37.3 Å². The SMILES string of the molecule is COc1c(NC2=NC(Nc3ccc(C)nc3)N(C)C=C2)cccc1-c1ncn(C)n1. The van der Waals surface area contributed by atoms with Crippen molar-refractivity contribution in [2.24, 2.45) is 12.0 Å². The molecule has 30 heavy (non-hydrogen) atoms. The normalized spacial score (nSPS) is 15.7. The maximum absolute atomic E-state index is 5.67. The molecular weight excluding hydrogens is 380 g/mol. The van der Waals surface area contributed by atoms with Crippen LogP contribution in [0.25, 0.3) is 11.4 Å². The second-order valence-corrected chi connectivity index (χ2v) is 6.96. The average Bonchev–Trinajstić information content (AvgIpc) is 3.18. The number of aryl methyl sites for hydroxylation is 2. The Hall–Kier alpha value is -3.88. The topological polar surface area (TPSA) is 92.5 Å². The lowest BCUT2D eigenvalue weighted by atomic mass is 10.1. The number of aromatic nitrogens is 4. The van der Waals surface area contributed by atoms with Crippen LogP contribution in [0, 0.1) is 6.92 Å². The minimum Gasteiger partial charge on any atom is -0.494 e. The fraction of sp³-hybridized carbons (Fsp3) is 0.238. The number of amidine groups is 1. The molecule has 0 saturated carbocycles. The van der Waals surface area contributed by atoms with Gasteiger partial charge in [0.1, 0.15) is 12.2 Å². The van der Waals surface area contributed by atoms with Gasteiger partial charge in [-0.25, -0.2) is 9.98 Å². The molecule has 3 heterocycles. The van der Waals surface area contributed by atoms with Crippen molar-refractivity contribution in [1.82, 2.24) is 24.6 Å². The fourth-order valence-corrected chi connectivity index (χ4v) is 3.08. The zero-order chi connectivity index (χ0) is 21.1. The average molecular weight is 404 g/mol. The van der Waals surface area contributed by atoms with Crippen LogP contribution in [-0.2, 0) is 7.05 Å². The summed E-state index contributed by atoms with van der Waals surface area (Å²) in [6.45, 7) is 1.96. The van der Waals surface area contributed by atoms with Gasteiger partial charge in [0.15, 0.2) is 17.9 Å². The highest BCUT2D eigenvalue weighted by Gasteiger charge is 2.18. The minimum atomic E-state index is -0.270. The van der Waals surface area contributed by atoms with Gasteiger partial charge >= 0.3 is 0 Å². The number of pyridine rings is 1. The van der Waals surface area contributed by atoms with Gasteiger partial charge in [0.25, 0.3) is 0 Å². The third kappa shape index (κ3) is 4.09. The van der Waals surface area contributed by atoms with Crippen molar-refractivity contribution in [3.63, 3.8) is 0 Å². The second-order valence-electron chi connectivity index (χ2n) is 6.96. The maximum Gasteiger partial charge on any atom is 0.198 e. The molecule has 0 radical (unpaired) electrons.